The highest BCUT2D eigenvalue weighted by atomic mass is 35.5. The van der Waals surface area contributed by atoms with Gasteiger partial charge >= 0.3 is 0 Å². The van der Waals surface area contributed by atoms with Crippen molar-refractivity contribution in [2.75, 3.05) is 0 Å². The van der Waals surface area contributed by atoms with Crippen LogP contribution in [0, 0.1) is 12.8 Å². The van der Waals surface area contributed by atoms with E-state index in [2.05, 4.69) is 19.9 Å². The minimum absolute atomic E-state index is 0.0376. The van der Waals surface area contributed by atoms with E-state index < -0.39 is 0 Å². The molecule has 0 fully saturated rings. The van der Waals surface area contributed by atoms with Crippen molar-refractivity contribution in [3.63, 3.8) is 0 Å². The maximum absolute atomic E-state index is 12.6. The summed E-state index contributed by atoms with van der Waals surface area (Å²) in [5.41, 5.74) is 3.56. The number of halogens is 1. The van der Waals surface area contributed by atoms with Gasteiger partial charge in [-0.1, -0.05) is 49.7 Å². The molecule has 2 aromatic rings. The Bertz CT molecular complexity index is 629. The highest BCUT2D eigenvalue weighted by Crippen LogP contribution is 2.20. The van der Waals surface area contributed by atoms with Gasteiger partial charge in [0.2, 0.25) is 0 Å². The van der Waals surface area contributed by atoms with Crippen LogP contribution >= 0.6 is 11.6 Å². The number of carbonyl (C=O) groups excluding carboxylic acids is 1. The average molecular weight is 287 g/mol. The summed E-state index contributed by atoms with van der Waals surface area (Å²) in [6.45, 7) is 6.28. The van der Waals surface area contributed by atoms with Gasteiger partial charge in [0.25, 0.3) is 0 Å². The Hall–Kier alpha value is -1.60. The van der Waals surface area contributed by atoms with Gasteiger partial charge in [0.05, 0.1) is 0 Å². The molecule has 104 valence electrons. The van der Waals surface area contributed by atoms with Crippen molar-refractivity contribution < 1.29 is 4.79 Å². The van der Waals surface area contributed by atoms with Crippen LogP contribution in [0.4, 0.5) is 0 Å². The minimum Gasteiger partial charge on any atom is -0.289 e. The molecule has 2 heteroatoms. The van der Waals surface area contributed by atoms with Gasteiger partial charge in [-0.05, 0) is 48.6 Å². The Morgan fingerprint density at radius 1 is 1.15 bits per heavy atom. The van der Waals surface area contributed by atoms with Gasteiger partial charge in [-0.2, -0.15) is 0 Å². The predicted molar refractivity (Wildman–Crippen MR) is 84.6 cm³/mol. The molecule has 0 amide bonds. The lowest BCUT2D eigenvalue weighted by molar-refractivity contribution is 0.103. The molecule has 0 atom stereocenters. The van der Waals surface area contributed by atoms with Crippen molar-refractivity contribution in [3.8, 4) is 0 Å². The maximum atomic E-state index is 12.6. The second kappa shape index (κ2) is 6.23. The molecule has 0 N–H and O–H groups in total. The van der Waals surface area contributed by atoms with Gasteiger partial charge in [0.15, 0.2) is 5.78 Å². The molecule has 0 aliphatic carbocycles. The van der Waals surface area contributed by atoms with E-state index in [0.717, 1.165) is 17.5 Å². The fraction of sp³-hybridized carbons (Fsp3) is 0.278. The van der Waals surface area contributed by atoms with Crippen LogP contribution in [0.25, 0.3) is 0 Å². The third kappa shape index (κ3) is 3.49. The standard InChI is InChI=1S/C18H19ClO/c1-12(2)9-14-5-4-6-15(10-14)18(20)17-11-16(19)8-7-13(17)3/h4-8,10-12H,9H2,1-3H3. The molecule has 0 saturated carbocycles. The quantitative estimate of drug-likeness (QED) is 0.717. The molecule has 0 saturated heterocycles. The first-order valence-electron chi connectivity index (χ1n) is 6.87. The van der Waals surface area contributed by atoms with Crippen LogP contribution in [0.1, 0.15) is 40.9 Å². The maximum Gasteiger partial charge on any atom is 0.193 e. The SMILES string of the molecule is Cc1ccc(Cl)cc1C(=O)c1cccc(CC(C)C)c1. The molecule has 1 nitrogen and oxygen atoms in total. The van der Waals surface area contributed by atoms with Crippen LogP contribution < -0.4 is 0 Å². The fourth-order valence-electron chi connectivity index (χ4n) is 2.31. The van der Waals surface area contributed by atoms with Crippen LogP contribution in [0.15, 0.2) is 42.5 Å². The van der Waals surface area contributed by atoms with E-state index in [4.69, 9.17) is 11.6 Å². The molecule has 0 aliphatic heterocycles. The normalized spacial score (nSPS) is 10.8. The second-order valence-electron chi connectivity index (χ2n) is 5.59. The van der Waals surface area contributed by atoms with Crippen molar-refractivity contribution in [1.82, 2.24) is 0 Å². The molecule has 2 rings (SSSR count). The predicted octanol–water partition coefficient (Wildman–Crippen LogP) is 5.08. The van der Waals surface area contributed by atoms with Crippen molar-refractivity contribution in [1.29, 1.82) is 0 Å². The molecule has 0 unspecified atom stereocenters. The Morgan fingerprint density at radius 3 is 2.60 bits per heavy atom. The van der Waals surface area contributed by atoms with E-state index in [0.29, 0.717) is 16.5 Å². The first-order valence-corrected chi connectivity index (χ1v) is 7.25. The van der Waals surface area contributed by atoms with Gasteiger partial charge in [0.1, 0.15) is 0 Å². The van der Waals surface area contributed by atoms with E-state index in [1.165, 1.54) is 5.56 Å². The molecular weight excluding hydrogens is 268 g/mol. The minimum atomic E-state index is 0.0376. The number of hydrogen-bond donors (Lipinski definition) is 0. The molecule has 2 aromatic carbocycles. The van der Waals surface area contributed by atoms with Crippen molar-refractivity contribution in [3.05, 3.63) is 69.7 Å². The number of carbonyl (C=O) groups is 1. The van der Waals surface area contributed by atoms with Gasteiger partial charge in [0, 0.05) is 16.1 Å². The molecule has 20 heavy (non-hydrogen) atoms. The first-order chi connectivity index (χ1) is 9.47. The molecule has 0 bridgehead atoms. The topological polar surface area (TPSA) is 17.1 Å². The van der Waals surface area contributed by atoms with Crippen LogP contribution in [-0.4, -0.2) is 5.78 Å². The molecule has 0 aliphatic rings. The van der Waals surface area contributed by atoms with E-state index in [1.54, 1.807) is 6.07 Å². The van der Waals surface area contributed by atoms with E-state index in [1.807, 2.05) is 37.3 Å². The van der Waals surface area contributed by atoms with Gasteiger partial charge in [-0.3, -0.25) is 4.79 Å². The van der Waals surface area contributed by atoms with Gasteiger partial charge in [-0.15, -0.1) is 0 Å². The zero-order valence-corrected chi connectivity index (χ0v) is 12.9. The van der Waals surface area contributed by atoms with Crippen LogP contribution in [0.2, 0.25) is 5.02 Å². The Morgan fingerprint density at radius 2 is 1.90 bits per heavy atom. The number of aryl methyl sites for hydroxylation is 1. The van der Waals surface area contributed by atoms with E-state index >= 15 is 0 Å². The van der Waals surface area contributed by atoms with E-state index in [9.17, 15) is 4.79 Å². The molecule has 0 spiro atoms. The molecular formula is C18H19ClO. The number of hydrogen-bond acceptors (Lipinski definition) is 1. The fourth-order valence-corrected chi connectivity index (χ4v) is 2.48. The zero-order valence-electron chi connectivity index (χ0n) is 12.1. The van der Waals surface area contributed by atoms with Gasteiger partial charge < -0.3 is 0 Å². The van der Waals surface area contributed by atoms with Gasteiger partial charge in [-0.25, -0.2) is 0 Å². The third-order valence-electron chi connectivity index (χ3n) is 3.28. The van der Waals surface area contributed by atoms with Crippen molar-refractivity contribution in [2.45, 2.75) is 27.2 Å². The second-order valence-corrected chi connectivity index (χ2v) is 6.02. The smallest absolute Gasteiger partial charge is 0.193 e. The van der Waals surface area contributed by atoms with Crippen LogP contribution in [0.5, 0.6) is 0 Å². The Kier molecular flexibility index (Phi) is 4.61. The van der Waals surface area contributed by atoms with Crippen LogP contribution in [0.3, 0.4) is 0 Å². The average Bonchev–Trinajstić information content (AvgIpc) is 2.40. The number of rotatable bonds is 4. The summed E-state index contributed by atoms with van der Waals surface area (Å²) in [6.07, 6.45) is 0.982. The number of benzene rings is 2. The third-order valence-corrected chi connectivity index (χ3v) is 3.51. The summed E-state index contributed by atoms with van der Waals surface area (Å²) in [7, 11) is 0. The molecule has 0 heterocycles. The highest BCUT2D eigenvalue weighted by molar-refractivity contribution is 6.31. The zero-order chi connectivity index (χ0) is 14.7. The van der Waals surface area contributed by atoms with Crippen LogP contribution in [-0.2, 0) is 6.42 Å². The monoisotopic (exact) mass is 286 g/mol. The lowest BCUT2D eigenvalue weighted by Crippen LogP contribution is -2.05. The molecule has 0 aromatic heterocycles. The summed E-state index contributed by atoms with van der Waals surface area (Å²) >= 11 is 6.00. The lowest BCUT2D eigenvalue weighted by atomic mass is 9.95. The summed E-state index contributed by atoms with van der Waals surface area (Å²) < 4.78 is 0. The summed E-state index contributed by atoms with van der Waals surface area (Å²) in [4.78, 5) is 12.6. The summed E-state index contributed by atoms with van der Waals surface area (Å²) in [5, 5.41) is 0.595. The summed E-state index contributed by atoms with van der Waals surface area (Å²) in [6, 6.07) is 13.3. The first kappa shape index (κ1) is 14.8. The molecule has 0 radical (unpaired) electrons. The lowest BCUT2D eigenvalue weighted by Gasteiger charge is -2.09. The van der Waals surface area contributed by atoms with Crippen molar-refractivity contribution >= 4 is 17.4 Å². The summed E-state index contributed by atoms with van der Waals surface area (Å²) in [5.74, 6) is 0.615. The van der Waals surface area contributed by atoms with Crippen molar-refractivity contribution in [2.24, 2.45) is 5.92 Å². The Balaban J connectivity index is 2.35. The largest absolute Gasteiger partial charge is 0.289 e. The Labute approximate surface area is 125 Å². The van der Waals surface area contributed by atoms with E-state index in [-0.39, 0.29) is 5.78 Å². The number of ketones is 1. The highest BCUT2D eigenvalue weighted by Gasteiger charge is 2.13.